The van der Waals surface area contributed by atoms with Crippen LogP contribution in [0.3, 0.4) is 0 Å². The van der Waals surface area contributed by atoms with E-state index in [1.807, 2.05) is 0 Å². The van der Waals surface area contributed by atoms with Crippen LogP contribution in [0.2, 0.25) is 0 Å². The van der Waals surface area contributed by atoms with Gasteiger partial charge in [0.25, 0.3) is 11.8 Å². The number of nitrogens with zero attached hydrogens (tertiary/aromatic N) is 1. The summed E-state index contributed by atoms with van der Waals surface area (Å²) < 4.78 is 0. The molecule has 1 saturated heterocycles. The van der Waals surface area contributed by atoms with Gasteiger partial charge in [0.2, 0.25) is 17.7 Å². The van der Waals surface area contributed by atoms with E-state index < -0.39 is 35.6 Å². The van der Waals surface area contributed by atoms with Crippen molar-refractivity contribution in [3.63, 3.8) is 0 Å². The van der Waals surface area contributed by atoms with Crippen LogP contribution >= 0.6 is 11.6 Å². The lowest BCUT2D eigenvalue weighted by Crippen LogP contribution is -2.54. The van der Waals surface area contributed by atoms with Gasteiger partial charge < -0.3 is 5.32 Å². The molecule has 1 fully saturated rings. The molecule has 0 saturated carbocycles. The maximum absolute atomic E-state index is 12.8. The number of alkyl halides is 1. The van der Waals surface area contributed by atoms with Crippen molar-refractivity contribution in [3.8, 4) is 0 Å². The molecule has 3 rings (SSSR count). The highest BCUT2D eigenvalue weighted by atomic mass is 35.5. The van der Waals surface area contributed by atoms with Crippen LogP contribution in [-0.4, -0.2) is 46.4 Å². The zero-order chi connectivity index (χ0) is 18.1. The summed E-state index contributed by atoms with van der Waals surface area (Å²) in [5.74, 6) is -2.90. The van der Waals surface area contributed by atoms with Gasteiger partial charge >= 0.3 is 0 Å². The topological polar surface area (TPSA) is 113 Å². The summed E-state index contributed by atoms with van der Waals surface area (Å²) in [6.07, 6.45) is 0.150. The van der Waals surface area contributed by atoms with Gasteiger partial charge in [-0.25, -0.2) is 0 Å². The first kappa shape index (κ1) is 17.1. The van der Waals surface area contributed by atoms with E-state index in [1.54, 1.807) is 12.1 Å². The first-order chi connectivity index (χ1) is 11.9. The molecule has 25 heavy (non-hydrogen) atoms. The molecule has 9 heteroatoms. The van der Waals surface area contributed by atoms with Crippen molar-refractivity contribution in [2.75, 3.05) is 5.88 Å². The van der Waals surface area contributed by atoms with Crippen LogP contribution in [0.5, 0.6) is 0 Å². The van der Waals surface area contributed by atoms with E-state index in [-0.39, 0.29) is 36.4 Å². The summed E-state index contributed by atoms with van der Waals surface area (Å²) in [6, 6.07) is 3.69. The molecule has 8 nitrogen and oxygen atoms in total. The minimum absolute atomic E-state index is 0.0386. The fourth-order valence-corrected chi connectivity index (χ4v) is 3.07. The minimum atomic E-state index is -1.02. The van der Waals surface area contributed by atoms with E-state index >= 15 is 0 Å². The van der Waals surface area contributed by atoms with Gasteiger partial charge in [-0.2, -0.15) is 0 Å². The molecular weight excluding hydrogens is 350 g/mol. The molecule has 0 spiro atoms. The second kappa shape index (κ2) is 6.64. The van der Waals surface area contributed by atoms with E-state index in [2.05, 4.69) is 10.6 Å². The zero-order valence-corrected chi connectivity index (χ0v) is 13.8. The van der Waals surface area contributed by atoms with Gasteiger partial charge in [0, 0.05) is 13.0 Å². The number of rotatable bonds is 4. The highest BCUT2D eigenvalue weighted by Gasteiger charge is 2.45. The number of fused-ring (bicyclic) bond motifs is 1. The highest BCUT2D eigenvalue weighted by Crippen LogP contribution is 2.29. The van der Waals surface area contributed by atoms with E-state index in [4.69, 9.17) is 11.6 Å². The van der Waals surface area contributed by atoms with E-state index in [0.29, 0.717) is 5.56 Å². The summed E-state index contributed by atoms with van der Waals surface area (Å²) in [4.78, 5) is 60.9. The van der Waals surface area contributed by atoms with Gasteiger partial charge in [-0.3, -0.25) is 34.2 Å². The Morgan fingerprint density at radius 2 is 2.00 bits per heavy atom. The molecule has 1 aromatic rings. The fraction of sp³-hybridized carbons (Fsp3) is 0.312. The Labute approximate surface area is 147 Å². The third-order valence-corrected chi connectivity index (χ3v) is 4.39. The van der Waals surface area contributed by atoms with Crippen molar-refractivity contribution in [3.05, 3.63) is 34.9 Å². The number of piperidine rings is 1. The number of amides is 5. The van der Waals surface area contributed by atoms with Gasteiger partial charge in [0.15, 0.2) is 0 Å². The van der Waals surface area contributed by atoms with E-state index in [0.717, 1.165) is 4.90 Å². The average Bonchev–Trinajstić information content (AvgIpc) is 2.85. The molecule has 0 unspecified atom stereocenters. The molecule has 2 N–H and O–H groups in total. The predicted octanol–water partition coefficient (Wildman–Crippen LogP) is -0.0572. The van der Waals surface area contributed by atoms with Crippen LogP contribution in [0.1, 0.15) is 39.1 Å². The Bertz CT molecular complexity index is 807. The average molecular weight is 364 g/mol. The normalized spacial score (nSPS) is 19.7. The summed E-state index contributed by atoms with van der Waals surface area (Å²) >= 11 is 5.43. The molecule has 2 aliphatic heterocycles. The Hall–Kier alpha value is -2.74. The number of carbonyl (C=O) groups excluding carboxylic acids is 5. The molecule has 1 atom stereocenters. The number of carbonyl (C=O) groups is 5. The Morgan fingerprint density at radius 3 is 2.68 bits per heavy atom. The number of benzene rings is 1. The standard InChI is InChI=1S/C16H14ClN3O5/c17-6-12(22)18-7-8-2-1-3-9-13(8)16(25)20(15(9)24)10-4-5-11(21)19-14(10)23/h1-3,10H,4-7H2,(H,18,22)(H,19,21,23)/t10-/m1/s1. The van der Waals surface area contributed by atoms with Gasteiger partial charge in [-0.05, 0) is 18.1 Å². The van der Waals surface area contributed by atoms with Crippen molar-refractivity contribution < 1.29 is 24.0 Å². The summed E-state index contributed by atoms with van der Waals surface area (Å²) in [6.45, 7) is 0.0386. The molecule has 0 aromatic heterocycles. The number of hydrogen-bond donors (Lipinski definition) is 2. The van der Waals surface area contributed by atoms with Crippen molar-refractivity contribution in [2.45, 2.75) is 25.4 Å². The molecule has 1 aromatic carbocycles. The van der Waals surface area contributed by atoms with Crippen LogP contribution in [0.4, 0.5) is 0 Å². The largest absolute Gasteiger partial charge is 0.351 e. The molecular formula is C16H14ClN3O5. The molecule has 0 bridgehead atoms. The molecule has 0 aliphatic carbocycles. The van der Waals surface area contributed by atoms with Gasteiger partial charge in [-0.15, -0.1) is 11.6 Å². The van der Waals surface area contributed by atoms with Crippen molar-refractivity contribution in [1.82, 2.24) is 15.5 Å². The number of imide groups is 2. The summed E-state index contributed by atoms with van der Waals surface area (Å²) in [5, 5.41) is 4.69. The number of hydrogen-bond acceptors (Lipinski definition) is 5. The van der Waals surface area contributed by atoms with Crippen molar-refractivity contribution in [2.24, 2.45) is 0 Å². The lowest BCUT2D eigenvalue weighted by molar-refractivity contribution is -0.136. The number of nitrogens with one attached hydrogen (secondary N) is 2. The summed E-state index contributed by atoms with van der Waals surface area (Å²) in [5.41, 5.74) is 0.795. The highest BCUT2D eigenvalue weighted by molar-refractivity contribution is 6.27. The van der Waals surface area contributed by atoms with Crippen molar-refractivity contribution in [1.29, 1.82) is 0 Å². The maximum Gasteiger partial charge on any atom is 0.262 e. The Balaban J connectivity index is 1.90. The monoisotopic (exact) mass is 363 g/mol. The molecule has 5 amide bonds. The first-order valence-electron chi connectivity index (χ1n) is 7.60. The van der Waals surface area contributed by atoms with E-state index in [1.165, 1.54) is 6.07 Å². The lowest BCUT2D eigenvalue weighted by atomic mass is 10.0. The lowest BCUT2D eigenvalue weighted by Gasteiger charge is -2.27. The summed E-state index contributed by atoms with van der Waals surface area (Å²) in [7, 11) is 0. The second-order valence-corrected chi connectivity index (χ2v) is 5.96. The van der Waals surface area contributed by atoms with E-state index in [9.17, 15) is 24.0 Å². The SMILES string of the molecule is O=C(CCl)NCc1cccc2c1C(=O)N([C@@H]1CCC(=O)NC1=O)C2=O. The Morgan fingerprint density at radius 1 is 1.24 bits per heavy atom. The minimum Gasteiger partial charge on any atom is -0.351 e. The first-order valence-corrected chi connectivity index (χ1v) is 8.13. The van der Waals surface area contributed by atoms with Gasteiger partial charge in [-0.1, -0.05) is 12.1 Å². The molecule has 0 radical (unpaired) electrons. The fourth-order valence-electron chi connectivity index (χ4n) is 2.97. The molecule has 2 aliphatic rings. The third kappa shape index (κ3) is 3.00. The Kier molecular flexibility index (Phi) is 4.54. The predicted molar refractivity (Wildman–Crippen MR) is 85.7 cm³/mol. The van der Waals surface area contributed by atoms with Crippen LogP contribution in [-0.2, 0) is 20.9 Å². The van der Waals surface area contributed by atoms with Gasteiger partial charge in [0.05, 0.1) is 11.1 Å². The molecule has 2 heterocycles. The quantitative estimate of drug-likeness (QED) is 0.575. The van der Waals surface area contributed by atoms with Crippen LogP contribution in [0.25, 0.3) is 0 Å². The smallest absolute Gasteiger partial charge is 0.262 e. The van der Waals surface area contributed by atoms with Crippen molar-refractivity contribution >= 4 is 41.1 Å². The van der Waals surface area contributed by atoms with Crippen LogP contribution < -0.4 is 10.6 Å². The maximum atomic E-state index is 12.8. The van der Waals surface area contributed by atoms with Crippen LogP contribution in [0.15, 0.2) is 18.2 Å². The zero-order valence-electron chi connectivity index (χ0n) is 13.0. The van der Waals surface area contributed by atoms with Crippen LogP contribution in [0, 0.1) is 0 Å². The number of halogens is 1. The van der Waals surface area contributed by atoms with Gasteiger partial charge in [0.1, 0.15) is 11.9 Å². The second-order valence-electron chi connectivity index (χ2n) is 5.70. The molecule has 130 valence electrons. The third-order valence-electron chi connectivity index (χ3n) is 4.15.